The fraction of sp³-hybridized carbons (Fsp3) is 0.222. The van der Waals surface area contributed by atoms with Gasteiger partial charge in [-0.05, 0) is 35.9 Å². The van der Waals surface area contributed by atoms with Crippen LogP contribution in [0.15, 0.2) is 52.9 Å². The third kappa shape index (κ3) is 4.37. The van der Waals surface area contributed by atoms with Gasteiger partial charge in [0, 0.05) is 30.8 Å². The van der Waals surface area contributed by atoms with Crippen LogP contribution in [0.3, 0.4) is 0 Å². The average molecular weight is 350 g/mol. The molecule has 0 aromatic carbocycles. The van der Waals surface area contributed by atoms with Crippen molar-refractivity contribution in [1.82, 2.24) is 20.3 Å². The maximum absolute atomic E-state index is 9.54. The van der Waals surface area contributed by atoms with Crippen LogP contribution in [0.1, 0.15) is 24.6 Å². The predicted octanol–water partition coefficient (Wildman–Crippen LogP) is 3.31. The number of nitrogens with one attached hydrogen (secondary N) is 2. The third-order valence-corrected chi connectivity index (χ3v) is 4.59. The Labute approximate surface area is 151 Å². The van der Waals surface area contributed by atoms with E-state index in [-0.39, 0.29) is 0 Å². The van der Waals surface area contributed by atoms with E-state index in [4.69, 9.17) is 0 Å². The molecular formula is C18H18N6S. The lowest BCUT2D eigenvalue weighted by molar-refractivity contribution is 0.949. The molecule has 0 saturated carbocycles. The van der Waals surface area contributed by atoms with Crippen LogP contribution in [-0.2, 0) is 6.42 Å². The molecule has 3 rings (SSSR count). The average Bonchev–Trinajstić information content (AvgIpc) is 3.13. The topological polar surface area (TPSA) is 86.5 Å². The van der Waals surface area contributed by atoms with Crippen molar-refractivity contribution in [2.45, 2.75) is 19.8 Å². The van der Waals surface area contributed by atoms with Gasteiger partial charge >= 0.3 is 0 Å². The third-order valence-electron chi connectivity index (χ3n) is 3.64. The zero-order chi connectivity index (χ0) is 17.5. The van der Waals surface area contributed by atoms with Gasteiger partial charge in [0.2, 0.25) is 5.95 Å². The van der Waals surface area contributed by atoms with Crippen LogP contribution < -0.4 is 10.6 Å². The molecule has 0 unspecified atom stereocenters. The van der Waals surface area contributed by atoms with E-state index >= 15 is 0 Å². The Bertz CT molecular complexity index is 838. The van der Waals surface area contributed by atoms with E-state index in [0.29, 0.717) is 23.8 Å². The lowest BCUT2D eigenvalue weighted by Gasteiger charge is -2.08. The highest BCUT2D eigenvalue weighted by atomic mass is 32.2. The molecule has 0 aliphatic carbocycles. The molecule has 2 aromatic rings. The summed E-state index contributed by atoms with van der Waals surface area (Å²) in [7, 11) is 0. The summed E-state index contributed by atoms with van der Waals surface area (Å²) in [6, 6.07) is 7.96. The number of aromatic nitrogens is 3. The van der Waals surface area contributed by atoms with Crippen molar-refractivity contribution in [1.29, 1.82) is 5.26 Å². The SMILES string of the molecule is CCC1=CS/C(=C(\C#N)c2ccnc(NCCc3cccnc3)n2)N1. The summed E-state index contributed by atoms with van der Waals surface area (Å²) >= 11 is 1.52. The van der Waals surface area contributed by atoms with Crippen LogP contribution in [-0.4, -0.2) is 21.5 Å². The van der Waals surface area contributed by atoms with Crippen LogP contribution in [0.25, 0.3) is 5.57 Å². The Balaban J connectivity index is 1.69. The van der Waals surface area contributed by atoms with Gasteiger partial charge in [-0.2, -0.15) is 5.26 Å². The molecule has 0 radical (unpaired) electrons. The van der Waals surface area contributed by atoms with Crippen molar-refractivity contribution in [2.75, 3.05) is 11.9 Å². The summed E-state index contributed by atoms with van der Waals surface area (Å²) in [5.74, 6) is 0.515. The summed E-state index contributed by atoms with van der Waals surface area (Å²) in [5, 5.41) is 18.9. The van der Waals surface area contributed by atoms with Crippen molar-refractivity contribution in [2.24, 2.45) is 0 Å². The zero-order valence-corrected chi connectivity index (χ0v) is 14.7. The van der Waals surface area contributed by atoms with Gasteiger partial charge in [-0.15, -0.1) is 0 Å². The molecule has 0 fully saturated rings. The first-order valence-electron chi connectivity index (χ1n) is 8.03. The summed E-state index contributed by atoms with van der Waals surface area (Å²) in [5.41, 5.74) is 3.40. The van der Waals surface area contributed by atoms with Crippen molar-refractivity contribution in [3.8, 4) is 6.07 Å². The minimum atomic E-state index is 0.515. The number of thioether (sulfide) groups is 1. The molecule has 2 N–H and O–H groups in total. The minimum Gasteiger partial charge on any atom is -0.354 e. The first kappa shape index (κ1) is 17.0. The molecule has 0 amide bonds. The Morgan fingerprint density at radius 2 is 2.28 bits per heavy atom. The number of pyridine rings is 1. The molecule has 0 bridgehead atoms. The maximum Gasteiger partial charge on any atom is 0.223 e. The molecular weight excluding hydrogens is 332 g/mol. The summed E-state index contributed by atoms with van der Waals surface area (Å²) in [4.78, 5) is 12.8. The Kier molecular flexibility index (Phi) is 5.65. The number of allylic oxidation sites excluding steroid dienone is 2. The van der Waals surface area contributed by atoms with Crippen LogP contribution in [0.2, 0.25) is 0 Å². The number of anilines is 1. The normalized spacial score (nSPS) is 15.1. The highest BCUT2D eigenvalue weighted by Gasteiger charge is 2.16. The highest BCUT2D eigenvalue weighted by molar-refractivity contribution is 8.06. The molecule has 6 nitrogen and oxygen atoms in total. The van der Waals surface area contributed by atoms with Gasteiger partial charge in [0.25, 0.3) is 0 Å². The number of hydrogen-bond acceptors (Lipinski definition) is 7. The second-order valence-corrected chi connectivity index (χ2v) is 6.24. The van der Waals surface area contributed by atoms with E-state index in [9.17, 15) is 5.26 Å². The van der Waals surface area contributed by atoms with Gasteiger partial charge in [0.15, 0.2) is 0 Å². The molecule has 3 heterocycles. The fourth-order valence-corrected chi connectivity index (χ4v) is 3.24. The first-order valence-corrected chi connectivity index (χ1v) is 8.91. The Morgan fingerprint density at radius 3 is 3.00 bits per heavy atom. The van der Waals surface area contributed by atoms with E-state index in [1.807, 2.05) is 23.7 Å². The fourth-order valence-electron chi connectivity index (χ4n) is 2.30. The van der Waals surface area contributed by atoms with Crippen molar-refractivity contribution in [3.63, 3.8) is 0 Å². The smallest absolute Gasteiger partial charge is 0.223 e. The predicted molar refractivity (Wildman–Crippen MR) is 100 cm³/mol. The number of rotatable bonds is 6. The molecule has 2 aromatic heterocycles. The zero-order valence-electron chi connectivity index (χ0n) is 13.9. The molecule has 0 saturated heterocycles. The van der Waals surface area contributed by atoms with Gasteiger partial charge < -0.3 is 10.6 Å². The molecule has 0 atom stereocenters. The first-order chi connectivity index (χ1) is 12.3. The van der Waals surface area contributed by atoms with E-state index in [1.54, 1.807) is 18.5 Å². The summed E-state index contributed by atoms with van der Waals surface area (Å²) in [6.45, 7) is 2.77. The maximum atomic E-state index is 9.54. The highest BCUT2D eigenvalue weighted by Crippen LogP contribution is 2.31. The van der Waals surface area contributed by atoms with Crippen LogP contribution in [0.4, 0.5) is 5.95 Å². The van der Waals surface area contributed by atoms with Crippen molar-refractivity contribution < 1.29 is 0 Å². The van der Waals surface area contributed by atoms with Gasteiger partial charge in [0.05, 0.1) is 10.7 Å². The molecule has 25 heavy (non-hydrogen) atoms. The van der Waals surface area contributed by atoms with E-state index in [1.165, 1.54) is 11.8 Å². The van der Waals surface area contributed by atoms with Gasteiger partial charge in [-0.1, -0.05) is 24.8 Å². The second kappa shape index (κ2) is 8.31. The standard InChI is InChI=1S/C18H18N6S/c1-2-14-12-25-17(23-14)15(10-19)16-6-9-22-18(24-16)21-8-5-13-4-3-7-20-11-13/h3-4,6-7,9,11-12,23H,2,5,8H2,1H3,(H,21,22,24)/b17-15+. The molecule has 1 aliphatic heterocycles. The number of nitriles is 1. The van der Waals surface area contributed by atoms with Gasteiger partial charge in [0.1, 0.15) is 11.6 Å². The van der Waals surface area contributed by atoms with Gasteiger partial charge in [-0.3, -0.25) is 4.98 Å². The molecule has 0 spiro atoms. The lowest BCUT2D eigenvalue weighted by Crippen LogP contribution is -2.10. The van der Waals surface area contributed by atoms with E-state index in [0.717, 1.165) is 29.1 Å². The van der Waals surface area contributed by atoms with Crippen LogP contribution in [0.5, 0.6) is 0 Å². The second-order valence-electron chi connectivity index (χ2n) is 5.36. The number of hydrogen-bond donors (Lipinski definition) is 2. The quantitative estimate of drug-likeness (QED) is 0.773. The van der Waals surface area contributed by atoms with Crippen LogP contribution in [0, 0.1) is 11.3 Å². The lowest BCUT2D eigenvalue weighted by atomic mass is 10.2. The van der Waals surface area contributed by atoms with E-state index in [2.05, 4.69) is 38.6 Å². The molecule has 126 valence electrons. The van der Waals surface area contributed by atoms with Crippen molar-refractivity contribution >= 4 is 23.3 Å². The van der Waals surface area contributed by atoms with Crippen LogP contribution >= 0.6 is 11.8 Å². The van der Waals surface area contributed by atoms with Crippen molar-refractivity contribution in [3.05, 3.63) is 64.2 Å². The molecule has 1 aliphatic rings. The summed E-state index contributed by atoms with van der Waals surface area (Å²) in [6.07, 6.45) is 7.00. The van der Waals surface area contributed by atoms with E-state index < -0.39 is 0 Å². The number of nitrogens with zero attached hydrogens (tertiary/aromatic N) is 4. The monoisotopic (exact) mass is 350 g/mol. The largest absolute Gasteiger partial charge is 0.354 e. The van der Waals surface area contributed by atoms with Gasteiger partial charge in [-0.25, -0.2) is 9.97 Å². The Morgan fingerprint density at radius 1 is 1.36 bits per heavy atom. The molecule has 7 heteroatoms. The Hall–Kier alpha value is -2.85. The minimum absolute atomic E-state index is 0.515. The summed E-state index contributed by atoms with van der Waals surface area (Å²) < 4.78 is 0.